The zero-order chi connectivity index (χ0) is 10.9. The molecule has 0 saturated carbocycles. The summed E-state index contributed by atoms with van der Waals surface area (Å²) < 4.78 is 22.3. The molecule has 0 radical (unpaired) electrons. The number of halogens is 1. The molecule has 0 rings (SSSR count). The second-order valence-electron chi connectivity index (χ2n) is 3.23. The Morgan fingerprint density at radius 3 is 1.87 bits per heavy atom. The van der Waals surface area contributed by atoms with E-state index in [0.29, 0.717) is 19.4 Å². The molecule has 0 unspecified atom stereocenters. The third-order valence-electron chi connectivity index (χ3n) is 1.94. The van der Waals surface area contributed by atoms with Gasteiger partial charge >= 0.3 is 7.60 Å². The Morgan fingerprint density at radius 2 is 1.47 bits per heavy atom. The number of unbranched alkanes of at least 4 members (excludes halogenated alkanes) is 3. The van der Waals surface area contributed by atoms with Crippen molar-refractivity contribution in [3.05, 3.63) is 0 Å². The van der Waals surface area contributed by atoms with E-state index in [0.717, 1.165) is 12.8 Å². The molecule has 94 valence electrons. The van der Waals surface area contributed by atoms with Gasteiger partial charge < -0.3 is 9.05 Å². The van der Waals surface area contributed by atoms with Crippen molar-refractivity contribution in [1.29, 1.82) is 0 Å². The Labute approximate surface area is 99.9 Å². The highest BCUT2D eigenvalue weighted by molar-refractivity contribution is 7.53. The molecule has 0 aliphatic heterocycles. The molecule has 5 heteroatoms. The van der Waals surface area contributed by atoms with E-state index in [1.807, 2.05) is 13.8 Å². The van der Waals surface area contributed by atoms with Gasteiger partial charge in [-0.15, -0.1) is 12.4 Å². The largest absolute Gasteiger partial charge is 0.330 e. The van der Waals surface area contributed by atoms with Crippen molar-refractivity contribution >= 4 is 20.0 Å². The van der Waals surface area contributed by atoms with Crippen molar-refractivity contribution in [2.75, 3.05) is 19.4 Å². The van der Waals surface area contributed by atoms with Gasteiger partial charge in [0.05, 0.1) is 19.4 Å². The fourth-order valence-corrected chi connectivity index (χ4v) is 3.02. The predicted octanol–water partition coefficient (Wildman–Crippen LogP) is 4.25. The van der Waals surface area contributed by atoms with Crippen LogP contribution in [0.3, 0.4) is 0 Å². The first-order valence-corrected chi connectivity index (χ1v) is 7.29. The monoisotopic (exact) mass is 258 g/mol. The van der Waals surface area contributed by atoms with E-state index in [2.05, 4.69) is 6.92 Å². The summed E-state index contributed by atoms with van der Waals surface area (Å²) >= 11 is 0. The van der Waals surface area contributed by atoms with Gasteiger partial charge in [0, 0.05) is 0 Å². The highest BCUT2D eigenvalue weighted by Gasteiger charge is 2.22. The molecular formula is C10H24ClO3P. The summed E-state index contributed by atoms with van der Waals surface area (Å²) in [5.74, 6) is 0. The second-order valence-corrected chi connectivity index (χ2v) is 5.42. The minimum Gasteiger partial charge on any atom is -0.309 e. The zero-order valence-electron chi connectivity index (χ0n) is 10.0. The van der Waals surface area contributed by atoms with Crippen LogP contribution in [0, 0.1) is 0 Å². The molecule has 3 nitrogen and oxygen atoms in total. The molecule has 0 spiro atoms. The summed E-state index contributed by atoms with van der Waals surface area (Å²) in [4.78, 5) is 0. The van der Waals surface area contributed by atoms with Gasteiger partial charge in [0.25, 0.3) is 0 Å². The summed E-state index contributed by atoms with van der Waals surface area (Å²) in [5.41, 5.74) is 0. The van der Waals surface area contributed by atoms with Gasteiger partial charge in [0.15, 0.2) is 0 Å². The van der Waals surface area contributed by atoms with E-state index in [1.165, 1.54) is 12.8 Å². The van der Waals surface area contributed by atoms with Crippen LogP contribution in [0.25, 0.3) is 0 Å². The molecular weight excluding hydrogens is 235 g/mol. The third-order valence-corrected chi connectivity index (χ3v) is 4.10. The van der Waals surface area contributed by atoms with Crippen molar-refractivity contribution < 1.29 is 13.6 Å². The van der Waals surface area contributed by atoms with Crippen LogP contribution in [0.15, 0.2) is 0 Å². The zero-order valence-corrected chi connectivity index (χ0v) is 11.7. The van der Waals surface area contributed by atoms with Crippen LogP contribution in [0.2, 0.25) is 0 Å². The quantitative estimate of drug-likeness (QED) is 0.458. The van der Waals surface area contributed by atoms with Crippen molar-refractivity contribution in [3.8, 4) is 0 Å². The van der Waals surface area contributed by atoms with E-state index in [1.54, 1.807) is 0 Å². The van der Waals surface area contributed by atoms with Crippen molar-refractivity contribution in [3.63, 3.8) is 0 Å². The normalized spacial score (nSPS) is 11.1. The Hall–Kier alpha value is 0.440. The van der Waals surface area contributed by atoms with Crippen molar-refractivity contribution in [2.45, 2.75) is 46.5 Å². The summed E-state index contributed by atoms with van der Waals surface area (Å²) in [5, 5.41) is 0. The Kier molecular flexibility index (Phi) is 13.0. The van der Waals surface area contributed by atoms with E-state index >= 15 is 0 Å². The van der Waals surface area contributed by atoms with Crippen LogP contribution in [-0.2, 0) is 13.6 Å². The van der Waals surface area contributed by atoms with Gasteiger partial charge in [-0.05, 0) is 20.3 Å². The van der Waals surface area contributed by atoms with E-state index < -0.39 is 7.60 Å². The maximum absolute atomic E-state index is 11.9. The van der Waals surface area contributed by atoms with Crippen LogP contribution in [0.5, 0.6) is 0 Å². The van der Waals surface area contributed by atoms with Crippen molar-refractivity contribution in [1.82, 2.24) is 0 Å². The molecule has 0 amide bonds. The molecule has 0 aliphatic carbocycles. The molecule has 15 heavy (non-hydrogen) atoms. The summed E-state index contributed by atoms with van der Waals surface area (Å²) in [6, 6.07) is 0. The second kappa shape index (κ2) is 10.9. The van der Waals surface area contributed by atoms with Crippen LogP contribution in [-0.4, -0.2) is 19.4 Å². The van der Waals surface area contributed by atoms with Gasteiger partial charge in [-0.2, -0.15) is 0 Å². The summed E-state index contributed by atoms with van der Waals surface area (Å²) in [6.45, 7) is 6.77. The maximum Gasteiger partial charge on any atom is 0.330 e. The standard InChI is InChI=1S/C10H23O3P.ClH/c1-4-7-8-9-10-14(11,12-5-2)13-6-3;/h4-10H2,1-3H3;1H. The molecule has 0 saturated heterocycles. The SMILES string of the molecule is CCCCCCP(=O)(OCC)OCC.Cl. The van der Waals surface area contributed by atoms with E-state index in [4.69, 9.17) is 9.05 Å². The fourth-order valence-electron chi connectivity index (χ4n) is 1.29. The van der Waals surface area contributed by atoms with Crippen LogP contribution in [0.4, 0.5) is 0 Å². The molecule has 0 heterocycles. The molecule has 0 aromatic carbocycles. The fraction of sp³-hybridized carbons (Fsp3) is 1.00. The topological polar surface area (TPSA) is 35.5 Å². The highest BCUT2D eigenvalue weighted by atomic mass is 35.5. The molecule has 0 N–H and O–H groups in total. The highest BCUT2D eigenvalue weighted by Crippen LogP contribution is 2.48. The van der Waals surface area contributed by atoms with Gasteiger partial charge in [-0.25, -0.2) is 0 Å². The lowest BCUT2D eigenvalue weighted by Crippen LogP contribution is -2.00. The third kappa shape index (κ3) is 9.37. The molecule has 0 fully saturated rings. The lowest BCUT2D eigenvalue weighted by atomic mass is 10.2. The van der Waals surface area contributed by atoms with Gasteiger partial charge in [0.2, 0.25) is 0 Å². The molecule has 0 atom stereocenters. The Balaban J connectivity index is 0. The molecule has 0 aromatic heterocycles. The number of rotatable bonds is 9. The average Bonchev–Trinajstić information content (AvgIpc) is 2.13. The Bertz CT molecular complexity index is 166. The summed E-state index contributed by atoms with van der Waals surface area (Å²) in [6.07, 6.45) is 4.99. The number of hydrogen-bond donors (Lipinski definition) is 0. The van der Waals surface area contributed by atoms with Crippen molar-refractivity contribution in [2.24, 2.45) is 0 Å². The van der Waals surface area contributed by atoms with Gasteiger partial charge in [-0.3, -0.25) is 4.57 Å². The molecule has 0 bridgehead atoms. The molecule has 0 aliphatic rings. The smallest absolute Gasteiger partial charge is 0.309 e. The lowest BCUT2D eigenvalue weighted by Gasteiger charge is -2.16. The van der Waals surface area contributed by atoms with Gasteiger partial charge in [0.1, 0.15) is 0 Å². The first-order chi connectivity index (χ1) is 6.68. The van der Waals surface area contributed by atoms with Crippen LogP contribution < -0.4 is 0 Å². The minimum atomic E-state index is -2.76. The number of hydrogen-bond acceptors (Lipinski definition) is 3. The summed E-state index contributed by atoms with van der Waals surface area (Å²) in [7, 11) is -2.76. The minimum absolute atomic E-state index is 0. The first kappa shape index (κ1) is 17.8. The lowest BCUT2D eigenvalue weighted by molar-refractivity contribution is 0.219. The van der Waals surface area contributed by atoms with Crippen LogP contribution >= 0.6 is 20.0 Å². The predicted molar refractivity (Wildman–Crippen MR) is 67.1 cm³/mol. The molecule has 0 aromatic rings. The van der Waals surface area contributed by atoms with Crippen LogP contribution in [0.1, 0.15) is 46.5 Å². The average molecular weight is 259 g/mol. The maximum atomic E-state index is 11.9. The van der Waals surface area contributed by atoms with E-state index in [-0.39, 0.29) is 12.4 Å². The first-order valence-electron chi connectivity index (χ1n) is 5.56. The van der Waals surface area contributed by atoms with E-state index in [9.17, 15) is 4.57 Å². The Morgan fingerprint density at radius 1 is 0.933 bits per heavy atom. The van der Waals surface area contributed by atoms with Gasteiger partial charge in [-0.1, -0.05) is 26.2 Å².